The van der Waals surface area contributed by atoms with E-state index in [0.717, 1.165) is 8.90 Å². The van der Waals surface area contributed by atoms with Crippen LogP contribution in [0.2, 0.25) is 0 Å². The Kier molecular flexibility index (Phi) is 5.72. The Hall–Kier alpha value is -0.300. The molecule has 0 heterocycles. The zero-order valence-electron chi connectivity index (χ0n) is 9.71. The van der Waals surface area contributed by atoms with Crippen molar-refractivity contribution in [2.45, 2.75) is 19.9 Å². The molecule has 0 saturated heterocycles. The molecular weight excluding hydrogens is 397 g/mol. The lowest BCUT2D eigenvalue weighted by Gasteiger charge is -2.20. The number of phenols is 1. The van der Waals surface area contributed by atoms with Gasteiger partial charge in [0.05, 0.1) is 5.56 Å². The molecule has 94 valence electrons. The van der Waals surface area contributed by atoms with Gasteiger partial charge in [-0.25, -0.2) is 0 Å². The molecule has 3 nitrogen and oxygen atoms in total. The number of halogens is 2. The summed E-state index contributed by atoms with van der Waals surface area (Å²) in [7, 11) is 0. The lowest BCUT2D eigenvalue weighted by Crippen LogP contribution is -2.39. The minimum absolute atomic E-state index is 0.00663. The standard InChI is InChI=1S/C12H15BrINO2/c1-7(2)10(6-14)15-12(17)9-4-3-8(13)5-11(9)16/h3-5,7,10,16H,6H2,1-2H3,(H,15,17). The molecule has 17 heavy (non-hydrogen) atoms. The van der Waals surface area contributed by atoms with Crippen LogP contribution in [0.25, 0.3) is 0 Å². The summed E-state index contributed by atoms with van der Waals surface area (Å²) in [5.41, 5.74) is 0.309. The summed E-state index contributed by atoms with van der Waals surface area (Å²) in [6, 6.07) is 4.98. The molecule has 0 aromatic heterocycles. The third kappa shape index (κ3) is 4.13. The fourth-order valence-corrected chi connectivity index (χ4v) is 2.91. The maximum absolute atomic E-state index is 12.0. The van der Waals surface area contributed by atoms with Gasteiger partial charge in [-0.1, -0.05) is 52.4 Å². The smallest absolute Gasteiger partial charge is 0.255 e. The van der Waals surface area contributed by atoms with Crippen molar-refractivity contribution in [3.8, 4) is 5.75 Å². The number of carbonyl (C=O) groups is 1. The largest absolute Gasteiger partial charge is 0.507 e. The Balaban J connectivity index is 2.82. The van der Waals surface area contributed by atoms with Crippen LogP contribution in [-0.4, -0.2) is 21.5 Å². The first kappa shape index (κ1) is 14.8. The molecule has 0 saturated carbocycles. The lowest BCUT2D eigenvalue weighted by atomic mass is 10.1. The van der Waals surface area contributed by atoms with Crippen LogP contribution in [0.15, 0.2) is 22.7 Å². The van der Waals surface area contributed by atoms with Crippen molar-refractivity contribution in [3.63, 3.8) is 0 Å². The molecule has 1 amide bonds. The lowest BCUT2D eigenvalue weighted by molar-refractivity contribution is 0.0929. The number of carbonyl (C=O) groups excluding carboxylic acids is 1. The van der Waals surface area contributed by atoms with E-state index in [0.29, 0.717) is 11.5 Å². The molecule has 1 rings (SSSR count). The molecule has 0 aliphatic rings. The molecule has 1 atom stereocenters. The summed E-state index contributed by atoms with van der Waals surface area (Å²) in [5, 5.41) is 12.6. The third-order valence-electron chi connectivity index (χ3n) is 2.49. The van der Waals surface area contributed by atoms with E-state index < -0.39 is 0 Å². The Morgan fingerprint density at radius 3 is 2.65 bits per heavy atom. The van der Waals surface area contributed by atoms with Gasteiger partial charge in [-0.2, -0.15) is 0 Å². The summed E-state index contributed by atoms with van der Waals surface area (Å²) < 4.78 is 1.60. The fourth-order valence-electron chi connectivity index (χ4n) is 1.33. The minimum atomic E-state index is -0.231. The molecule has 5 heteroatoms. The van der Waals surface area contributed by atoms with Crippen LogP contribution in [0, 0.1) is 5.92 Å². The molecule has 0 bridgehead atoms. The van der Waals surface area contributed by atoms with Gasteiger partial charge in [0.1, 0.15) is 5.75 Å². The van der Waals surface area contributed by atoms with Crippen molar-refractivity contribution in [1.29, 1.82) is 0 Å². The first-order chi connectivity index (χ1) is 7.95. The van der Waals surface area contributed by atoms with E-state index in [9.17, 15) is 9.90 Å². The Labute approximate surface area is 123 Å². The van der Waals surface area contributed by atoms with E-state index in [4.69, 9.17) is 0 Å². The van der Waals surface area contributed by atoms with Gasteiger partial charge in [0, 0.05) is 14.9 Å². The molecule has 0 aliphatic carbocycles. The molecule has 2 N–H and O–H groups in total. The molecule has 1 aromatic rings. The SMILES string of the molecule is CC(C)C(CI)NC(=O)c1ccc(Br)cc1O. The van der Waals surface area contributed by atoms with Gasteiger partial charge in [0.15, 0.2) is 0 Å². The number of phenolic OH excluding ortho intramolecular Hbond substituents is 1. The normalized spacial score (nSPS) is 12.5. The highest BCUT2D eigenvalue weighted by Crippen LogP contribution is 2.22. The van der Waals surface area contributed by atoms with Crippen LogP contribution in [-0.2, 0) is 0 Å². The quantitative estimate of drug-likeness (QED) is 0.589. The van der Waals surface area contributed by atoms with E-state index in [-0.39, 0.29) is 17.7 Å². The molecular formula is C12H15BrINO2. The number of hydrogen-bond donors (Lipinski definition) is 2. The molecule has 1 unspecified atom stereocenters. The highest BCUT2D eigenvalue weighted by Gasteiger charge is 2.18. The van der Waals surface area contributed by atoms with E-state index in [1.54, 1.807) is 12.1 Å². The van der Waals surface area contributed by atoms with Crippen LogP contribution in [0.3, 0.4) is 0 Å². The van der Waals surface area contributed by atoms with Gasteiger partial charge < -0.3 is 10.4 Å². The predicted octanol–water partition coefficient (Wildman–Crippen LogP) is 3.34. The summed E-state index contributed by atoms with van der Waals surface area (Å²) in [5.74, 6) is 0.131. The highest BCUT2D eigenvalue weighted by atomic mass is 127. The van der Waals surface area contributed by atoms with Crippen molar-refractivity contribution < 1.29 is 9.90 Å². The van der Waals surface area contributed by atoms with Gasteiger partial charge >= 0.3 is 0 Å². The monoisotopic (exact) mass is 411 g/mol. The first-order valence-corrected chi connectivity index (χ1v) is 7.63. The molecule has 0 fully saturated rings. The van der Waals surface area contributed by atoms with Crippen LogP contribution >= 0.6 is 38.5 Å². The second-order valence-corrected chi connectivity index (χ2v) is 5.94. The van der Waals surface area contributed by atoms with Gasteiger partial charge in [-0.05, 0) is 24.1 Å². The number of nitrogens with one attached hydrogen (secondary N) is 1. The number of amides is 1. The second-order valence-electron chi connectivity index (χ2n) is 4.14. The van der Waals surface area contributed by atoms with Crippen LogP contribution in [0.5, 0.6) is 5.75 Å². The zero-order valence-corrected chi connectivity index (χ0v) is 13.4. The summed E-state index contributed by atoms with van der Waals surface area (Å²) >= 11 is 5.49. The predicted molar refractivity (Wildman–Crippen MR) is 80.8 cm³/mol. The molecule has 0 radical (unpaired) electrons. The van der Waals surface area contributed by atoms with Crippen LogP contribution < -0.4 is 5.32 Å². The zero-order chi connectivity index (χ0) is 13.0. The van der Waals surface area contributed by atoms with Crippen molar-refractivity contribution in [1.82, 2.24) is 5.32 Å². The van der Waals surface area contributed by atoms with Gasteiger partial charge in [0.25, 0.3) is 5.91 Å². The number of rotatable bonds is 4. The Bertz CT molecular complexity index is 409. The summed E-state index contributed by atoms with van der Waals surface area (Å²) in [4.78, 5) is 12.0. The Morgan fingerprint density at radius 2 is 2.18 bits per heavy atom. The average Bonchev–Trinajstić information content (AvgIpc) is 2.24. The van der Waals surface area contributed by atoms with Crippen molar-refractivity contribution >= 4 is 44.4 Å². The highest BCUT2D eigenvalue weighted by molar-refractivity contribution is 14.1. The van der Waals surface area contributed by atoms with Crippen molar-refractivity contribution in [2.24, 2.45) is 5.92 Å². The van der Waals surface area contributed by atoms with Crippen molar-refractivity contribution in [2.75, 3.05) is 4.43 Å². The summed E-state index contributed by atoms with van der Waals surface area (Å²) in [6.07, 6.45) is 0. The molecule has 0 aliphatic heterocycles. The van der Waals surface area contributed by atoms with Gasteiger partial charge in [-0.15, -0.1) is 0 Å². The number of hydrogen-bond acceptors (Lipinski definition) is 2. The van der Waals surface area contributed by atoms with Crippen LogP contribution in [0.4, 0.5) is 0 Å². The maximum Gasteiger partial charge on any atom is 0.255 e. The summed E-state index contributed by atoms with van der Waals surface area (Å²) in [6.45, 7) is 4.12. The Morgan fingerprint density at radius 1 is 1.53 bits per heavy atom. The molecule has 1 aromatic carbocycles. The maximum atomic E-state index is 12.0. The average molecular weight is 412 g/mol. The molecule has 0 spiro atoms. The van der Waals surface area contributed by atoms with Gasteiger partial charge in [-0.3, -0.25) is 4.79 Å². The topological polar surface area (TPSA) is 49.3 Å². The first-order valence-electron chi connectivity index (χ1n) is 5.31. The van der Waals surface area contributed by atoms with Crippen LogP contribution in [0.1, 0.15) is 24.2 Å². The fraction of sp³-hybridized carbons (Fsp3) is 0.417. The van der Waals surface area contributed by atoms with E-state index in [2.05, 4.69) is 57.7 Å². The third-order valence-corrected chi connectivity index (χ3v) is 3.93. The van der Waals surface area contributed by atoms with E-state index >= 15 is 0 Å². The number of benzene rings is 1. The minimum Gasteiger partial charge on any atom is -0.507 e. The number of aromatic hydroxyl groups is 1. The van der Waals surface area contributed by atoms with Gasteiger partial charge in [0.2, 0.25) is 0 Å². The second kappa shape index (κ2) is 6.58. The number of alkyl halides is 1. The van der Waals surface area contributed by atoms with Crippen molar-refractivity contribution in [3.05, 3.63) is 28.2 Å². The van der Waals surface area contributed by atoms with E-state index in [1.807, 2.05) is 0 Å². The van der Waals surface area contributed by atoms with E-state index in [1.165, 1.54) is 6.07 Å².